The quantitative estimate of drug-likeness (QED) is 0.215. The Morgan fingerprint density at radius 3 is 1.59 bits per heavy atom. The number of aromatic nitrogens is 2. The molecule has 0 fully saturated rings. The molecule has 0 radical (unpaired) electrons. The summed E-state index contributed by atoms with van der Waals surface area (Å²) in [6.45, 7) is 0. The molecule has 0 aliphatic rings. The van der Waals surface area contributed by atoms with Gasteiger partial charge in [-0.05, 0) is 58.3 Å². The molecule has 0 unspecified atom stereocenters. The van der Waals surface area contributed by atoms with E-state index in [1.54, 1.807) is 0 Å². The van der Waals surface area contributed by atoms with Crippen molar-refractivity contribution in [3.8, 4) is 23.3 Å². The van der Waals surface area contributed by atoms with E-state index in [0.717, 1.165) is 49.7 Å². The number of nitrogens with zero attached hydrogens (tertiary/aromatic N) is 5. The fraction of sp³-hybridized carbons (Fsp3) is 0. The molecule has 41 heavy (non-hydrogen) atoms. The Morgan fingerprint density at radius 1 is 0.463 bits per heavy atom. The molecule has 5 heteroatoms. The molecule has 7 rings (SSSR count). The maximum atomic E-state index is 9.74. The normalized spacial score (nSPS) is 10.9. The van der Waals surface area contributed by atoms with E-state index in [2.05, 4.69) is 82.7 Å². The second kappa shape index (κ2) is 9.93. The van der Waals surface area contributed by atoms with E-state index in [4.69, 9.17) is 4.98 Å². The summed E-state index contributed by atoms with van der Waals surface area (Å²) < 4.78 is 0. The van der Waals surface area contributed by atoms with Gasteiger partial charge in [0.1, 0.15) is 12.1 Å². The van der Waals surface area contributed by atoms with Gasteiger partial charge in [-0.3, -0.25) is 0 Å². The van der Waals surface area contributed by atoms with Gasteiger partial charge < -0.3 is 4.90 Å². The monoisotopic (exact) mass is 523 g/mol. The molecular weight excluding hydrogens is 502 g/mol. The number of benzene rings is 6. The molecular formula is C36H21N5. The average Bonchev–Trinajstić information content (AvgIpc) is 3.05. The third-order valence-corrected chi connectivity index (χ3v) is 7.35. The first kappa shape index (κ1) is 24.0. The highest BCUT2D eigenvalue weighted by Gasteiger charge is 2.18. The Kier molecular flexibility index (Phi) is 5.82. The smallest absolute Gasteiger partial charge is 0.177 e. The van der Waals surface area contributed by atoms with Crippen molar-refractivity contribution in [3.63, 3.8) is 0 Å². The van der Waals surface area contributed by atoms with Crippen LogP contribution >= 0.6 is 0 Å². The third-order valence-electron chi connectivity index (χ3n) is 7.35. The maximum absolute atomic E-state index is 9.74. The molecule has 1 aromatic heterocycles. The molecule has 0 spiro atoms. The fourth-order valence-electron chi connectivity index (χ4n) is 5.54. The summed E-state index contributed by atoms with van der Waals surface area (Å²) in [6.07, 6.45) is 0. The molecule has 0 aliphatic carbocycles. The highest BCUT2D eigenvalue weighted by atomic mass is 15.1. The highest BCUT2D eigenvalue weighted by Crippen LogP contribution is 2.40. The lowest BCUT2D eigenvalue weighted by Crippen LogP contribution is -2.09. The molecule has 0 atom stereocenters. The lowest BCUT2D eigenvalue weighted by atomic mass is 9.92. The molecule has 0 aliphatic heterocycles. The number of para-hydroxylation sites is 2. The van der Waals surface area contributed by atoms with Gasteiger partial charge in [-0.25, -0.2) is 9.97 Å². The number of nitriles is 2. The summed E-state index contributed by atoms with van der Waals surface area (Å²) in [5.74, 6) is 0. The van der Waals surface area contributed by atoms with Crippen LogP contribution in [0.25, 0.3) is 43.7 Å². The Bertz CT molecular complexity index is 2120. The van der Waals surface area contributed by atoms with Crippen LogP contribution in [0.3, 0.4) is 0 Å². The van der Waals surface area contributed by atoms with Crippen molar-refractivity contribution in [1.82, 2.24) is 9.97 Å². The molecule has 0 saturated heterocycles. The number of fused-ring (bicyclic) bond motifs is 6. The molecule has 0 saturated carbocycles. The molecule has 7 aromatic rings. The first-order chi connectivity index (χ1) is 20.3. The van der Waals surface area contributed by atoms with Crippen LogP contribution in [0.15, 0.2) is 127 Å². The van der Waals surface area contributed by atoms with Crippen molar-refractivity contribution in [3.05, 3.63) is 139 Å². The zero-order valence-corrected chi connectivity index (χ0v) is 21.9. The van der Waals surface area contributed by atoms with Crippen LogP contribution < -0.4 is 4.90 Å². The van der Waals surface area contributed by atoms with Crippen molar-refractivity contribution in [2.75, 3.05) is 4.90 Å². The van der Waals surface area contributed by atoms with Crippen LogP contribution in [-0.2, 0) is 0 Å². The number of hydrogen-bond donors (Lipinski definition) is 0. The molecule has 190 valence electrons. The van der Waals surface area contributed by atoms with Crippen LogP contribution in [0, 0.1) is 22.7 Å². The number of rotatable bonds is 4. The summed E-state index contributed by atoms with van der Waals surface area (Å²) in [6, 6.07) is 47.4. The summed E-state index contributed by atoms with van der Waals surface area (Å²) in [5, 5.41) is 23.3. The molecule has 0 bridgehead atoms. The minimum Gasteiger partial charge on any atom is -0.311 e. The van der Waals surface area contributed by atoms with E-state index in [9.17, 15) is 10.5 Å². The van der Waals surface area contributed by atoms with Crippen molar-refractivity contribution in [1.29, 1.82) is 10.5 Å². The SMILES string of the molecule is N#Cc1nc2c3ccccc3c3cccc(-c4ccc(N(c5ccccc5)c5ccccc5)cc4)c3c2nc1C#N. The highest BCUT2D eigenvalue weighted by molar-refractivity contribution is 6.26. The van der Waals surface area contributed by atoms with E-state index in [1.807, 2.05) is 66.7 Å². The van der Waals surface area contributed by atoms with Crippen LogP contribution in [0.2, 0.25) is 0 Å². The molecule has 0 N–H and O–H groups in total. The lowest BCUT2D eigenvalue weighted by Gasteiger charge is -2.25. The van der Waals surface area contributed by atoms with Gasteiger partial charge in [0.15, 0.2) is 11.4 Å². The van der Waals surface area contributed by atoms with Gasteiger partial charge >= 0.3 is 0 Å². The summed E-state index contributed by atoms with van der Waals surface area (Å²) in [5.41, 5.74) is 6.48. The first-order valence-electron chi connectivity index (χ1n) is 13.2. The van der Waals surface area contributed by atoms with E-state index in [1.165, 1.54) is 0 Å². The van der Waals surface area contributed by atoms with Gasteiger partial charge in [-0.15, -0.1) is 0 Å². The predicted molar refractivity (Wildman–Crippen MR) is 164 cm³/mol. The molecule has 5 nitrogen and oxygen atoms in total. The zero-order chi connectivity index (χ0) is 27.8. The first-order valence-corrected chi connectivity index (χ1v) is 13.2. The van der Waals surface area contributed by atoms with E-state index in [0.29, 0.717) is 11.0 Å². The second-order valence-electron chi connectivity index (χ2n) is 9.67. The maximum Gasteiger partial charge on any atom is 0.177 e. The largest absolute Gasteiger partial charge is 0.311 e. The Hall–Kier alpha value is -6.04. The van der Waals surface area contributed by atoms with Crippen LogP contribution in [0.5, 0.6) is 0 Å². The topological polar surface area (TPSA) is 76.6 Å². The fourth-order valence-corrected chi connectivity index (χ4v) is 5.54. The van der Waals surface area contributed by atoms with Crippen LogP contribution in [0.1, 0.15) is 11.4 Å². The zero-order valence-electron chi connectivity index (χ0n) is 21.9. The van der Waals surface area contributed by atoms with Crippen molar-refractivity contribution in [2.24, 2.45) is 0 Å². The van der Waals surface area contributed by atoms with E-state index >= 15 is 0 Å². The van der Waals surface area contributed by atoms with Crippen LogP contribution in [0.4, 0.5) is 17.1 Å². The Balaban J connectivity index is 1.46. The minimum absolute atomic E-state index is 0.0306. The number of anilines is 3. The molecule has 0 amide bonds. The Morgan fingerprint density at radius 2 is 0.976 bits per heavy atom. The van der Waals surface area contributed by atoms with Gasteiger partial charge in [0.2, 0.25) is 0 Å². The van der Waals surface area contributed by atoms with Gasteiger partial charge in [0.25, 0.3) is 0 Å². The van der Waals surface area contributed by atoms with Gasteiger partial charge in [-0.1, -0.05) is 91.0 Å². The Labute approximate surface area is 236 Å². The summed E-state index contributed by atoms with van der Waals surface area (Å²) in [4.78, 5) is 11.6. The predicted octanol–water partition coefficient (Wildman–Crippen LogP) is 8.82. The minimum atomic E-state index is 0.0306. The van der Waals surface area contributed by atoms with E-state index in [-0.39, 0.29) is 11.4 Å². The average molecular weight is 524 g/mol. The number of hydrogen-bond acceptors (Lipinski definition) is 5. The van der Waals surface area contributed by atoms with Gasteiger partial charge in [-0.2, -0.15) is 10.5 Å². The molecule has 6 aromatic carbocycles. The van der Waals surface area contributed by atoms with Crippen molar-refractivity contribution >= 4 is 49.6 Å². The van der Waals surface area contributed by atoms with E-state index < -0.39 is 0 Å². The standard InChI is InChI=1S/C36H21N5/c37-22-32-33(23-38)40-36-34-28(16-9-17-30(34)29-14-7-8-15-31(29)35(36)39-32)24-18-20-27(21-19-24)41(25-10-3-1-4-11-25)26-12-5-2-6-13-26/h1-21H. The molecule has 1 heterocycles. The van der Waals surface area contributed by atoms with Crippen molar-refractivity contribution in [2.45, 2.75) is 0 Å². The second-order valence-corrected chi connectivity index (χ2v) is 9.67. The van der Waals surface area contributed by atoms with Gasteiger partial charge in [0.05, 0.1) is 11.0 Å². The van der Waals surface area contributed by atoms with Crippen LogP contribution in [-0.4, -0.2) is 9.97 Å². The summed E-state index contributed by atoms with van der Waals surface area (Å²) in [7, 11) is 0. The van der Waals surface area contributed by atoms with Gasteiger partial charge in [0, 0.05) is 27.8 Å². The lowest BCUT2D eigenvalue weighted by molar-refractivity contribution is 1.21. The van der Waals surface area contributed by atoms with Crippen molar-refractivity contribution < 1.29 is 0 Å². The summed E-state index contributed by atoms with van der Waals surface area (Å²) >= 11 is 0. The third kappa shape index (κ3) is 4.01.